The standard InChI is InChI=1S/C18H16N6O2S2/c25-15(7-8-24-16(21-23-18(24)27)14-6-3-9-28-14)20-22-17(26)12-10-19-13-5-2-1-4-11(12)13/h1-6,9-10,19H,7-8H2,(H,20,25)(H,22,26)(H,23,27). The van der Waals surface area contributed by atoms with Crippen molar-refractivity contribution >= 4 is 46.3 Å². The predicted octanol–water partition coefficient (Wildman–Crippen LogP) is 3.00. The first-order chi connectivity index (χ1) is 13.6. The zero-order chi connectivity index (χ0) is 19.5. The van der Waals surface area contributed by atoms with Crippen molar-refractivity contribution in [2.24, 2.45) is 0 Å². The smallest absolute Gasteiger partial charge is 0.271 e. The Bertz CT molecular complexity index is 1190. The summed E-state index contributed by atoms with van der Waals surface area (Å²) in [4.78, 5) is 28.5. The Morgan fingerprint density at radius 3 is 2.86 bits per heavy atom. The van der Waals surface area contributed by atoms with Crippen LogP contribution in [0.1, 0.15) is 16.8 Å². The first kappa shape index (κ1) is 18.1. The van der Waals surface area contributed by atoms with Gasteiger partial charge in [-0.3, -0.25) is 30.1 Å². The Hall–Kier alpha value is -3.24. The van der Waals surface area contributed by atoms with Crippen LogP contribution in [0.25, 0.3) is 21.6 Å². The van der Waals surface area contributed by atoms with E-state index in [2.05, 4.69) is 26.0 Å². The number of carbonyl (C=O) groups is 2. The van der Waals surface area contributed by atoms with Crippen LogP contribution in [0.2, 0.25) is 0 Å². The van der Waals surface area contributed by atoms with E-state index in [0.717, 1.165) is 15.8 Å². The van der Waals surface area contributed by atoms with E-state index in [1.165, 1.54) is 0 Å². The Morgan fingerprint density at radius 1 is 1.18 bits per heavy atom. The minimum atomic E-state index is -0.384. The first-order valence-corrected chi connectivity index (χ1v) is 9.76. The van der Waals surface area contributed by atoms with Gasteiger partial charge in [0, 0.05) is 30.1 Å². The van der Waals surface area contributed by atoms with E-state index in [9.17, 15) is 9.59 Å². The van der Waals surface area contributed by atoms with Crippen molar-refractivity contribution in [2.45, 2.75) is 13.0 Å². The molecule has 8 nitrogen and oxygen atoms in total. The molecule has 0 spiro atoms. The number of benzene rings is 1. The largest absolute Gasteiger partial charge is 0.360 e. The number of hydrazine groups is 1. The van der Waals surface area contributed by atoms with Crippen molar-refractivity contribution < 1.29 is 9.59 Å². The van der Waals surface area contributed by atoms with Crippen molar-refractivity contribution in [3.63, 3.8) is 0 Å². The number of nitrogens with zero attached hydrogens (tertiary/aromatic N) is 2. The van der Waals surface area contributed by atoms with Crippen LogP contribution in [0, 0.1) is 4.77 Å². The average Bonchev–Trinajstić information content (AvgIpc) is 3.44. The van der Waals surface area contributed by atoms with Crippen LogP contribution in [0.5, 0.6) is 0 Å². The third-order valence-electron chi connectivity index (χ3n) is 4.21. The second kappa shape index (κ2) is 7.79. The number of amides is 2. The number of aromatic amines is 2. The highest BCUT2D eigenvalue weighted by molar-refractivity contribution is 7.71. The van der Waals surface area contributed by atoms with Crippen LogP contribution in [-0.4, -0.2) is 31.6 Å². The summed E-state index contributed by atoms with van der Waals surface area (Å²) in [5, 5.41) is 9.72. The summed E-state index contributed by atoms with van der Waals surface area (Å²) in [6.07, 6.45) is 1.75. The molecule has 0 saturated heterocycles. The van der Waals surface area contributed by atoms with E-state index in [-0.39, 0.29) is 18.2 Å². The number of hydrogen-bond acceptors (Lipinski definition) is 5. The summed E-state index contributed by atoms with van der Waals surface area (Å²) in [6, 6.07) is 11.3. The molecule has 0 fully saturated rings. The molecule has 2 amide bonds. The van der Waals surface area contributed by atoms with Gasteiger partial charge in [0.1, 0.15) is 0 Å². The van der Waals surface area contributed by atoms with Crippen LogP contribution in [0.3, 0.4) is 0 Å². The maximum absolute atomic E-state index is 12.3. The number of para-hydroxylation sites is 1. The minimum absolute atomic E-state index is 0.139. The molecular weight excluding hydrogens is 396 g/mol. The number of H-pyrrole nitrogens is 2. The number of hydrogen-bond donors (Lipinski definition) is 4. The van der Waals surface area contributed by atoms with Gasteiger partial charge >= 0.3 is 0 Å². The first-order valence-electron chi connectivity index (χ1n) is 8.48. The molecule has 10 heteroatoms. The summed E-state index contributed by atoms with van der Waals surface area (Å²) in [7, 11) is 0. The van der Waals surface area contributed by atoms with Crippen LogP contribution in [-0.2, 0) is 11.3 Å². The fourth-order valence-corrected chi connectivity index (χ4v) is 3.79. The van der Waals surface area contributed by atoms with Gasteiger partial charge in [0.15, 0.2) is 10.6 Å². The summed E-state index contributed by atoms with van der Waals surface area (Å²) < 4.78 is 2.21. The molecular formula is C18H16N6O2S2. The lowest BCUT2D eigenvalue weighted by molar-refractivity contribution is -0.122. The molecule has 142 valence electrons. The molecule has 0 aliphatic heterocycles. The molecule has 0 unspecified atom stereocenters. The van der Waals surface area contributed by atoms with E-state index in [1.807, 2.05) is 41.8 Å². The number of aromatic nitrogens is 4. The minimum Gasteiger partial charge on any atom is -0.360 e. The molecule has 4 rings (SSSR count). The topological polar surface area (TPSA) is 108 Å². The van der Waals surface area contributed by atoms with Gasteiger partial charge in [0.05, 0.1) is 10.4 Å². The molecule has 28 heavy (non-hydrogen) atoms. The Morgan fingerprint density at radius 2 is 2.04 bits per heavy atom. The van der Waals surface area contributed by atoms with Gasteiger partial charge in [-0.15, -0.1) is 11.3 Å². The van der Waals surface area contributed by atoms with Gasteiger partial charge in [0.25, 0.3) is 5.91 Å². The molecule has 0 atom stereocenters. The molecule has 1 aromatic carbocycles. The Labute approximate surface area is 168 Å². The van der Waals surface area contributed by atoms with Crippen molar-refractivity contribution in [3.05, 3.63) is 58.3 Å². The maximum atomic E-state index is 12.3. The fraction of sp³-hybridized carbons (Fsp3) is 0.111. The van der Waals surface area contributed by atoms with Crippen molar-refractivity contribution in [2.75, 3.05) is 0 Å². The fourth-order valence-electron chi connectivity index (χ4n) is 2.85. The van der Waals surface area contributed by atoms with Crippen LogP contribution < -0.4 is 10.9 Å². The van der Waals surface area contributed by atoms with Gasteiger partial charge in [-0.1, -0.05) is 24.3 Å². The van der Waals surface area contributed by atoms with E-state index >= 15 is 0 Å². The van der Waals surface area contributed by atoms with Crippen molar-refractivity contribution in [3.8, 4) is 10.7 Å². The lowest BCUT2D eigenvalue weighted by Gasteiger charge is -2.08. The number of carbonyl (C=O) groups excluding carboxylic acids is 2. The number of rotatable bonds is 5. The summed E-state index contributed by atoms with van der Waals surface area (Å²) in [5.41, 5.74) is 6.21. The van der Waals surface area contributed by atoms with Crippen LogP contribution in [0.15, 0.2) is 48.0 Å². The molecule has 3 heterocycles. The molecule has 0 bridgehead atoms. The molecule has 0 radical (unpaired) electrons. The zero-order valence-electron chi connectivity index (χ0n) is 14.6. The van der Waals surface area contributed by atoms with E-state index < -0.39 is 0 Å². The number of fused-ring (bicyclic) bond motifs is 1. The van der Waals surface area contributed by atoms with Crippen LogP contribution in [0.4, 0.5) is 0 Å². The summed E-state index contributed by atoms with van der Waals surface area (Å²) in [6.45, 7) is 0.345. The highest BCUT2D eigenvalue weighted by Crippen LogP contribution is 2.22. The molecule has 3 aromatic heterocycles. The number of thiophene rings is 1. The second-order valence-electron chi connectivity index (χ2n) is 5.98. The van der Waals surface area contributed by atoms with E-state index in [1.54, 1.807) is 22.1 Å². The Kier molecular flexibility index (Phi) is 5.04. The quantitative estimate of drug-likeness (QED) is 0.298. The second-order valence-corrected chi connectivity index (χ2v) is 7.32. The normalized spacial score (nSPS) is 10.9. The molecule has 0 aliphatic carbocycles. The molecule has 0 saturated carbocycles. The van der Waals surface area contributed by atoms with Crippen molar-refractivity contribution in [1.29, 1.82) is 0 Å². The van der Waals surface area contributed by atoms with Gasteiger partial charge in [0.2, 0.25) is 5.91 Å². The highest BCUT2D eigenvalue weighted by atomic mass is 32.1. The predicted molar refractivity (Wildman–Crippen MR) is 109 cm³/mol. The lowest BCUT2D eigenvalue weighted by atomic mass is 10.2. The van der Waals surface area contributed by atoms with Gasteiger partial charge in [-0.05, 0) is 29.7 Å². The van der Waals surface area contributed by atoms with E-state index in [4.69, 9.17) is 12.2 Å². The maximum Gasteiger partial charge on any atom is 0.271 e. The zero-order valence-corrected chi connectivity index (χ0v) is 16.2. The van der Waals surface area contributed by atoms with E-state index in [0.29, 0.717) is 22.7 Å². The van der Waals surface area contributed by atoms with Crippen molar-refractivity contribution in [1.82, 2.24) is 30.6 Å². The van der Waals surface area contributed by atoms with Crippen LogP contribution >= 0.6 is 23.6 Å². The van der Waals surface area contributed by atoms with Gasteiger partial charge in [-0.25, -0.2) is 0 Å². The average molecular weight is 413 g/mol. The molecule has 4 N–H and O–H groups in total. The van der Waals surface area contributed by atoms with Gasteiger partial charge in [-0.2, -0.15) is 5.10 Å². The SMILES string of the molecule is O=C(CCn1c(-c2cccs2)n[nH]c1=S)NNC(=O)c1c[nH]c2ccccc12. The summed E-state index contributed by atoms with van der Waals surface area (Å²) >= 11 is 6.79. The lowest BCUT2D eigenvalue weighted by Crippen LogP contribution is -2.41. The monoisotopic (exact) mass is 412 g/mol. The van der Waals surface area contributed by atoms with Gasteiger partial charge < -0.3 is 4.98 Å². The highest BCUT2D eigenvalue weighted by Gasteiger charge is 2.14. The third kappa shape index (κ3) is 3.59. The molecule has 4 aromatic rings. The Balaban J connectivity index is 1.36. The number of nitrogens with one attached hydrogen (secondary N) is 4. The third-order valence-corrected chi connectivity index (χ3v) is 5.39. The molecule has 0 aliphatic rings. The summed E-state index contributed by atoms with van der Waals surface area (Å²) in [5.74, 6) is -0.0194.